The fraction of sp³-hybridized carbons (Fsp3) is 0.308. The summed E-state index contributed by atoms with van der Waals surface area (Å²) in [4.78, 5) is 11.6. The van der Waals surface area contributed by atoms with E-state index in [0.29, 0.717) is 23.9 Å². The van der Waals surface area contributed by atoms with E-state index in [0.717, 1.165) is 11.3 Å². The highest BCUT2D eigenvalue weighted by Gasteiger charge is 2.04. The summed E-state index contributed by atoms with van der Waals surface area (Å²) in [5.74, 6) is 0.664. The van der Waals surface area contributed by atoms with Gasteiger partial charge in [-0.05, 0) is 31.5 Å². The summed E-state index contributed by atoms with van der Waals surface area (Å²) in [5, 5.41) is 2.44. The molecule has 0 atom stereocenters. The maximum Gasteiger partial charge on any atom is 0.307 e. The number of aryl methyl sites for hydroxylation is 2. The highest BCUT2D eigenvalue weighted by atomic mass is 35.5. The first kappa shape index (κ1) is 13.2. The number of nitrogens with zero attached hydrogens (tertiary/aromatic N) is 1. The molecule has 0 aliphatic heterocycles. The second kappa shape index (κ2) is 5.59. The van der Waals surface area contributed by atoms with Crippen molar-refractivity contribution in [3.05, 3.63) is 49.5 Å². The van der Waals surface area contributed by atoms with E-state index in [1.165, 1.54) is 11.3 Å². The zero-order valence-corrected chi connectivity index (χ0v) is 11.8. The molecule has 18 heavy (non-hydrogen) atoms. The van der Waals surface area contributed by atoms with Gasteiger partial charge in [0.2, 0.25) is 0 Å². The van der Waals surface area contributed by atoms with Crippen LogP contribution in [0.3, 0.4) is 0 Å². The molecule has 0 aliphatic carbocycles. The molecular formula is C13H14ClNO2S. The second-order valence-corrected chi connectivity index (χ2v) is 5.30. The van der Waals surface area contributed by atoms with E-state index < -0.39 is 0 Å². The number of benzene rings is 1. The van der Waals surface area contributed by atoms with Crippen LogP contribution in [-0.4, -0.2) is 11.2 Å². The largest absolute Gasteiger partial charge is 0.490 e. The quantitative estimate of drug-likeness (QED) is 0.862. The van der Waals surface area contributed by atoms with Crippen LogP contribution >= 0.6 is 22.9 Å². The molecule has 0 saturated heterocycles. The van der Waals surface area contributed by atoms with Gasteiger partial charge in [0.1, 0.15) is 12.4 Å². The third-order valence-corrected chi connectivity index (χ3v) is 3.83. The number of thiazole rings is 1. The Morgan fingerprint density at radius 3 is 2.83 bits per heavy atom. The molecule has 96 valence electrons. The van der Waals surface area contributed by atoms with Gasteiger partial charge in [0, 0.05) is 11.1 Å². The summed E-state index contributed by atoms with van der Waals surface area (Å²) in [6.07, 6.45) is 0. The van der Waals surface area contributed by atoms with E-state index in [1.54, 1.807) is 4.57 Å². The number of aromatic nitrogens is 1. The molecule has 0 saturated carbocycles. The summed E-state index contributed by atoms with van der Waals surface area (Å²) in [6.45, 7) is 4.87. The smallest absolute Gasteiger partial charge is 0.307 e. The SMILES string of the molecule is Cc1ccc(Cl)c(OCCn2c(C)csc2=O)c1. The summed E-state index contributed by atoms with van der Waals surface area (Å²) >= 11 is 7.24. The van der Waals surface area contributed by atoms with Gasteiger partial charge in [-0.3, -0.25) is 9.36 Å². The van der Waals surface area contributed by atoms with Crippen molar-refractivity contribution in [3.63, 3.8) is 0 Å². The Morgan fingerprint density at radius 1 is 1.39 bits per heavy atom. The van der Waals surface area contributed by atoms with Crippen molar-refractivity contribution in [1.82, 2.24) is 4.57 Å². The number of ether oxygens (including phenoxy) is 1. The Balaban J connectivity index is 2.01. The molecule has 0 radical (unpaired) electrons. The minimum absolute atomic E-state index is 0.0476. The van der Waals surface area contributed by atoms with Crippen LogP contribution in [0, 0.1) is 13.8 Å². The molecule has 2 rings (SSSR count). The average Bonchev–Trinajstić information content (AvgIpc) is 2.65. The lowest BCUT2D eigenvalue weighted by Gasteiger charge is -2.09. The molecular weight excluding hydrogens is 270 g/mol. The maximum atomic E-state index is 11.5. The first-order valence-electron chi connectivity index (χ1n) is 5.62. The van der Waals surface area contributed by atoms with Crippen LogP contribution in [0.2, 0.25) is 5.02 Å². The molecule has 1 aromatic heterocycles. The van der Waals surface area contributed by atoms with Crippen molar-refractivity contribution in [1.29, 1.82) is 0 Å². The molecule has 0 aliphatic rings. The monoisotopic (exact) mass is 283 g/mol. The third-order valence-electron chi connectivity index (χ3n) is 2.64. The topological polar surface area (TPSA) is 31.2 Å². The molecule has 0 amide bonds. The lowest BCUT2D eigenvalue weighted by molar-refractivity contribution is 0.296. The molecule has 2 aromatic rings. The van der Waals surface area contributed by atoms with Gasteiger partial charge in [-0.2, -0.15) is 0 Å². The van der Waals surface area contributed by atoms with Gasteiger partial charge in [-0.1, -0.05) is 29.0 Å². The summed E-state index contributed by atoms with van der Waals surface area (Å²) in [7, 11) is 0. The van der Waals surface area contributed by atoms with Gasteiger partial charge >= 0.3 is 4.87 Å². The van der Waals surface area contributed by atoms with Gasteiger partial charge in [0.15, 0.2) is 0 Å². The van der Waals surface area contributed by atoms with E-state index in [2.05, 4.69) is 0 Å². The molecule has 0 fully saturated rings. The number of halogens is 1. The summed E-state index contributed by atoms with van der Waals surface area (Å²) in [6, 6.07) is 5.64. The van der Waals surface area contributed by atoms with Crippen LogP contribution in [-0.2, 0) is 6.54 Å². The lowest BCUT2D eigenvalue weighted by Crippen LogP contribution is -2.19. The van der Waals surface area contributed by atoms with Gasteiger partial charge in [-0.25, -0.2) is 0 Å². The normalized spacial score (nSPS) is 10.6. The molecule has 1 aromatic carbocycles. The van der Waals surface area contributed by atoms with Crippen molar-refractivity contribution in [2.45, 2.75) is 20.4 Å². The molecule has 5 heteroatoms. The Labute approximate surface area is 115 Å². The fourth-order valence-corrected chi connectivity index (χ4v) is 2.58. The number of rotatable bonds is 4. The van der Waals surface area contributed by atoms with E-state index in [9.17, 15) is 4.79 Å². The van der Waals surface area contributed by atoms with Gasteiger partial charge < -0.3 is 4.74 Å². The van der Waals surface area contributed by atoms with Crippen molar-refractivity contribution >= 4 is 22.9 Å². The summed E-state index contributed by atoms with van der Waals surface area (Å²) < 4.78 is 7.32. The maximum absolute atomic E-state index is 11.5. The lowest BCUT2D eigenvalue weighted by atomic mass is 10.2. The van der Waals surface area contributed by atoms with Crippen LogP contribution in [0.1, 0.15) is 11.3 Å². The second-order valence-electron chi connectivity index (χ2n) is 4.08. The van der Waals surface area contributed by atoms with Crippen molar-refractivity contribution in [2.75, 3.05) is 6.61 Å². The minimum Gasteiger partial charge on any atom is -0.490 e. The highest BCUT2D eigenvalue weighted by Crippen LogP contribution is 2.25. The first-order valence-corrected chi connectivity index (χ1v) is 6.87. The van der Waals surface area contributed by atoms with Crippen LogP contribution in [0.5, 0.6) is 5.75 Å². The van der Waals surface area contributed by atoms with E-state index in [-0.39, 0.29) is 4.87 Å². The summed E-state index contributed by atoms with van der Waals surface area (Å²) in [5.41, 5.74) is 2.06. The number of hydrogen-bond donors (Lipinski definition) is 0. The zero-order valence-electron chi connectivity index (χ0n) is 10.3. The van der Waals surface area contributed by atoms with Crippen LogP contribution < -0.4 is 9.61 Å². The third kappa shape index (κ3) is 2.94. The minimum atomic E-state index is 0.0476. The van der Waals surface area contributed by atoms with Crippen LogP contribution in [0.4, 0.5) is 0 Å². The molecule has 0 spiro atoms. The standard InChI is InChI=1S/C13H14ClNO2S/c1-9-3-4-11(14)12(7-9)17-6-5-15-10(2)8-18-13(15)16/h3-4,7-8H,5-6H2,1-2H3. The molecule has 0 unspecified atom stereocenters. The number of hydrogen-bond acceptors (Lipinski definition) is 3. The highest BCUT2D eigenvalue weighted by molar-refractivity contribution is 7.07. The molecule has 0 bridgehead atoms. The van der Waals surface area contributed by atoms with E-state index >= 15 is 0 Å². The van der Waals surface area contributed by atoms with Crippen molar-refractivity contribution in [2.24, 2.45) is 0 Å². The van der Waals surface area contributed by atoms with Gasteiger partial charge in [0.05, 0.1) is 11.6 Å². The molecule has 0 N–H and O–H groups in total. The van der Waals surface area contributed by atoms with Crippen molar-refractivity contribution < 1.29 is 4.74 Å². The van der Waals surface area contributed by atoms with E-state index in [1.807, 2.05) is 37.4 Å². The van der Waals surface area contributed by atoms with Gasteiger partial charge in [0.25, 0.3) is 0 Å². The van der Waals surface area contributed by atoms with Crippen LogP contribution in [0.15, 0.2) is 28.4 Å². The Hall–Kier alpha value is -1.26. The fourth-order valence-electron chi connectivity index (χ4n) is 1.64. The Morgan fingerprint density at radius 2 is 2.17 bits per heavy atom. The zero-order chi connectivity index (χ0) is 13.1. The van der Waals surface area contributed by atoms with E-state index in [4.69, 9.17) is 16.3 Å². The molecule has 3 nitrogen and oxygen atoms in total. The Kier molecular flexibility index (Phi) is 4.09. The molecule has 1 heterocycles. The van der Waals surface area contributed by atoms with Crippen LogP contribution in [0.25, 0.3) is 0 Å². The van der Waals surface area contributed by atoms with Crippen molar-refractivity contribution in [3.8, 4) is 5.75 Å². The average molecular weight is 284 g/mol. The first-order chi connectivity index (χ1) is 8.58. The predicted octanol–water partition coefficient (Wildman–Crippen LogP) is 3.26. The predicted molar refractivity (Wildman–Crippen MR) is 75.0 cm³/mol. The van der Waals surface area contributed by atoms with Gasteiger partial charge in [-0.15, -0.1) is 0 Å². The Bertz CT molecular complexity index is 603.